The normalized spacial score (nSPS) is 13.4. The lowest BCUT2D eigenvalue weighted by Crippen LogP contribution is -2.21. The van der Waals surface area contributed by atoms with Crippen LogP contribution < -0.4 is 10.6 Å². The fraction of sp³-hybridized carbons (Fsp3) is 0.222. The Morgan fingerprint density at radius 3 is 2.63 bits per heavy atom. The van der Waals surface area contributed by atoms with Crippen molar-refractivity contribution in [2.75, 3.05) is 17.2 Å². The molecule has 0 radical (unpaired) electrons. The highest BCUT2D eigenvalue weighted by molar-refractivity contribution is 6.31. The van der Waals surface area contributed by atoms with E-state index < -0.39 is 5.82 Å². The summed E-state index contributed by atoms with van der Waals surface area (Å²) >= 11 is 5.70. The summed E-state index contributed by atoms with van der Waals surface area (Å²) in [5.41, 5.74) is 2.15. The van der Waals surface area contributed by atoms with E-state index in [2.05, 4.69) is 26.2 Å². The SMILES string of the molecule is O=C(CNc1ccc(-c2nnnn2C2CC2)cc1)Nc1ccc(F)c(Cl)c1. The zero-order valence-electron chi connectivity index (χ0n) is 14.2. The summed E-state index contributed by atoms with van der Waals surface area (Å²) in [6.45, 7) is 0.0636. The maximum atomic E-state index is 13.1. The van der Waals surface area contributed by atoms with Gasteiger partial charge in [-0.25, -0.2) is 9.07 Å². The van der Waals surface area contributed by atoms with E-state index in [-0.39, 0.29) is 17.5 Å². The summed E-state index contributed by atoms with van der Waals surface area (Å²) in [5, 5.41) is 17.5. The van der Waals surface area contributed by atoms with Crippen molar-refractivity contribution in [3.63, 3.8) is 0 Å². The van der Waals surface area contributed by atoms with Crippen LogP contribution in [-0.2, 0) is 4.79 Å². The van der Waals surface area contributed by atoms with Gasteiger partial charge in [0.1, 0.15) is 5.82 Å². The molecule has 138 valence electrons. The van der Waals surface area contributed by atoms with Crippen LogP contribution in [0.2, 0.25) is 5.02 Å². The predicted octanol–water partition coefficient (Wildman–Crippen LogP) is 3.52. The molecule has 1 aliphatic rings. The molecule has 1 aliphatic carbocycles. The Hall–Kier alpha value is -3.00. The van der Waals surface area contributed by atoms with Gasteiger partial charge in [-0.05, 0) is 65.7 Å². The van der Waals surface area contributed by atoms with Crippen molar-refractivity contribution in [3.8, 4) is 11.4 Å². The van der Waals surface area contributed by atoms with Crippen LogP contribution in [0.25, 0.3) is 11.4 Å². The number of anilines is 2. The van der Waals surface area contributed by atoms with Crippen LogP contribution in [-0.4, -0.2) is 32.7 Å². The van der Waals surface area contributed by atoms with Gasteiger partial charge >= 0.3 is 0 Å². The molecule has 9 heteroatoms. The molecular formula is C18H16ClFN6O. The fourth-order valence-electron chi connectivity index (χ4n) is 2.65. The minimum absolute atomic E-state index is 0.0371. The van der Waals surface area contributed by atoms with Crippen molar-refractivity contribution < 1.29 is 9.18 Å². The van der Waals surface area contributed by atoms with Gasteiger partial charge in [-0.2, -0.15) is 0 Å². The molecule has 27 heavy (non-hydrogen) atoms. The van der Waals surface area contributed by atoms with Gasteiger partial charge in [0.05, 0.1) is 17.6 Å². The van der Waals surface area contributed by atoms with Crippen LogP contribution in [0.5, 0.6) is 0 Å². The van der Waals surface area contributed by atoms with Gasteiger partial charge in [-0.3, -0.25) is 4.79 Å². The molecule has 1 amide bonds. The molecule has 0 unspecified atom stereocenters. The van der Waals surface area contributed by atoms with Crippen molar-refractivity contribution in [3.05, 3.63) is 53.3 Å². The second kappa shape index (κ2) is 7.32. The van der Waals surface area contributed by atoms with E-state index in [4.69, 9.17) is 11.6 Å². The molecule has 0 bridgehead atoms. The van der Waals surface area contributed by atoms with E-state index in [1.807, 2.05) is 28.9 Å². The van der Waals surface area contributed by atoms with Crippen LogP contribution >= 0.6 is 11.6 Å². The number of amides is 1. The largest absolute Gasteiger partial charge is 0.376 e. The predicted molar refractivity (Wildman–Crippen MR) is 100 cm³/mol. The van der Waals surface area contributed by atoms with E-state index in [9.17, 15) is 9.18 Å². The lowest BCUT2D eigenvalue weighted by molar-refractivity contribution is -0.114. The molecule has 0 atom stereocenters. The highest BCUT2D eigenvalue weighted by Crippen LogP contribution is 2.36. The molecule has 0 aliphatic heterocycles. The smallest absolute Gasteiger partial charge is 0.243 e. The van der Waals surface area contributed by atoms with Gasteiger partial charge in [0.2, 0.25) is 5.91 Å². The number of tetrazole rings is 1. The molecule has 7 nitrogen and oxygen atoms in total. The van der Waals surface area contributed by atoms with Crippen LogP contribution in [0.1, 0.15) is 18.9 Å². The molecule has 1 aromatic heterocycles. The number of carbonyl (C=O) groups is 1. The lowest BCUT2D eigenvalue weighted by Gasteiger charge is -2.09. The first-order valence-corrected chi connectivity index (χ1v) is 8.85. The number of benzene rings is 2. The Balaban J connectivity index is 1.35. The number of hydrogen-bond donors (Lipinski definition) is 2. The number of aromatic nitrogens is 4. The molecule has 2 aromatic carbocycles. The number of hydrogen-bond acceptors (Lipinski definition) is 5. The number of carbonyl (C=O) groups excluding carboxylic acids is 1. The Morgan fingerprint density at radius 1 is 1.19 bits per heavy atom. The van der Waals surface area contributed by atoms with Crippen LogP contribution in [0.15, 0.2) is 42.5 Å². The van der Waals surface area contributed by atoms with Gasteiger partial charge in [-0.15, -0.1) is 5.10 Å². The van der Waals surface area contributed by atoms with Gasteiger partial charge in [0.15, 0.2) is 5.82 Å². The zero-order valence-corrected chi connectivity index (χ0v) is 14.9. The Labute approximate surface area is 159 Å². The molecule has 4 rings (SSSR count). The standard InChI is InChI=1S/C18H16ClFN6O/c19-15-9-13(5-8-16(15)20)22-17(27)10-21-12-3-1-11(2-4-12)18-23-24-25-26(18)14-6-7-14/h1-5,8-9,14,21H,6-7,10H2,(H,22,27). The molecule has 1 fully saturated rings. The summed E-state index contributed by atoms with van der Waals surface area (Å²) in [7, 11) is 0. The molecule has 0 saturated heterocycles. The highest BCUT2D eigenvalue weighted by atomic mass is 35.5. The van der Waals surface area contributed by atoms with E-state index in [1.165, 1.54) is 18.2 Å². The van der Waals surface area contributed by atoms with E-state index in [0.29, 0.717) is 11.7 Å². The summed E-state index contributed by atoms with van der Waals surface area (Å²) in [4.78, 5) is 12.0. The molecule has 2 N–H and O–H groups in total. The van der Waals surface area contributed by atoms with Crippen molar-refractivity contribution in [1.29, 1.82) is 0 Å². The van der Waals surface area contributed by atoms with E-state index in [0.717, 1.165) is 29.9 Å². The number of halogens is 2. The zero-order chi connectivity index (χ0) is 18.8. The lowest BCUT2D eigenvalue weighted by atomic mass is 10.2. The molecule has 1 saturated carbocycles. The third-order valence-corrected chi connectivity index (χ3v) is 4.47. The Morgan fingerprint density at radius 2 is 1.93 bits per heavy atom. The molecule has 1 heterocycles. The first-order valence-electron chi connectivity index (χ1n) is 8.47. The van der Waals surface area contributed by atoms with Crippen LogP contribution in [0.4, 0.5) is 15.8 Å². The molecule has 3 aromatic rings. The number of nitrogens with zero attached hydrogens (tertiary/aromatic N) is 4. The van der Waals surface area contributed by atoms with Crippen molar-refractivity contribution in [1.82, 2.24) is 20.2 Å². The quantitative estimate of drug-likeness (QED) is 0.677. The van der Waals surface area contributed by atoms with E-state index in [1.54, 1.807) is 0 Å². The number of rotatable bonds is 6. The van der Waals surface area contributed by atoms with Gasteiger partial charge < -0.3 is 10.6 Å². The van der Waals surface area contributed by atoms with Gasteiger partial charge in [-0.1, -0.05) is 11.6 Å². The van der Waals surface area contributed by atoms with Gasteiger partial charge in [0, 0.05) is 16.9 Å². The minimum atomic E-state index is -0.527. The maximum Gasteiger partial charge on any atom is 0.243 e. The third kappa shape index (κ3) is 4.06. The minimum Gasteiger partial charge on any atom is -0.376 e. The first kappa shape index (κ1) is 17.4. The Bertz CT molecular complexity index is 970. The Kier molecular flexibility index (Phi) is 4.72. The molecular weight excluding hydrogens is 371 g/mol. The summed E-state index contributed by atoms with van der Waals surface area (Å²) in [5.74, 6) is -0.0463. The van der Waals surface area contributed by atoms with Crippen molar-refractivity contribution >= 4 is 28.9 Å². The van der Waals surface area contributed by atoms with Gasteiger partial charge in [0.25, 0.3) is 0 Å². The first-order chi connectivity index (χ1) is 13.1. The summed E-state index contributed by atoms with van der Waals surface area (Å²) < 4.78 is 15.0. The van der Waals surface area contributed by atoms with Crippen molar-refractivity contribution in [2.24, 2.45) is 0 Å². The number of nitrogens with one attached hydrogen (secondary N) is 2. The monoisotopic (exact) mass is 386 g/mol. The van der Waals surface area contributed by atoms with Crippen LogP contribution in [0, 0.1) is 5.82 Å². The maximum absolute atomic E-state index is 13.1. The fourth-order valence-corrected chi connectivity index (χ4v) is 2.83. The molecule has 0 spiro atoms. The third-order valence-electron chi connectivity index (χ3n) is 4.19. The highest BCUT2D eigenvalue weighted by Gasteiger charge is 2.28. The second-order valence-electron chi connectivity index (χ2n) is 6.29. The average molecular weight is 387 g/mol. The summed E-state index contributed by atoms with van der Waals surface area (Å²) in [6.07, 6.45) is 2.21. The summed E-state index contributed by atoms with van der Waals surface area (Å²) in [6, 6.07) is 12.0. The topological polar surface area (TPSA) is 84.7 Å². The van der Waals surface area contributed by atoms with E-state index >= 15 is 0 Å². The van der Waals surface area contributed by atoms with Crippen LogP contribution in [0.3, 0.4) is 0 Å². The van der Waals surface area contributed by atoms with Crippen molar-refractivity contribution in [2.45, 2.75) is 18.9 Å². The average Bonchev–Trinajstić information content (AvgIpc) is 3.40. The second-order valence-corrected chi connectivity index (χ2v) is 6.69.